The van der Waals surface area contributed by atoms with Crippen LogP contribution in [0, 0.1) is 0 Å². The minimum absolute atomic E-state index is 0.144. The van der Waals surface area contributed by atoms with Crippen molar-refractivity contribution in [3.63, 3.8) is 0 Å². The summed E-state index contributed by atoms with van der Waals surface area (Å²) in [6.07, 6.45) is 3.02. The number of carbonyl (C=O) groups is 1. The van der Waals surface area contributed by atoms with Crippen molar-refractivity contribution >= 4 is 34.4 Å². The molecule has 1 aliphatic heterocycles. The molecule has 2 heterocycles. The van der Waals surface area contributed by atoms with Crippen LogP contribution < -0.4 is 15.0 Å². The predicted molar refractivity (Wildman–Crippen MR) is 136 cm³/mol. The highest BCUT2D eigenvalue weighted by Gasteiger charge is 2.22. The summed E-state index contributed by atoms with van der Waals surface area (Å²) in [4.78, 5) is 22.3. The molecule has 1 saturated heterocycles. The first-order valence-electron chi connectivity index (χ1n) is 11.4. The Balaban J connectivity index is 1.51. The number of nitrogens with zero attached hydrogens (tertiary/aromatic N) is 3. The quantitative estimate of drug-likeness (QED) is 0.402. The summed E-state index contributed by atoms with van der Waals surface area (Å²) in [5.41, 5.74) is 3.47. The van der Waals surface area contributed by atoms with E-state index in [1.165, 1.54) is 16.0 Å². The second-order valence-electron chi connectivity index (χ2n) is 8.30. The molecule has 33 heavy (non-hydrogen) atoms. The molecule has 6 nitrogen and oxygen atoms in total. The molecule has 0 unspecified atom stereocenters. The zero-order chi connectivity index (χ0) is 23.2. The van der Waals surface area contributed by atoms with Gasteiger partial charge in [-0.2, -0.15) is 0 Å². The number of benzene rings is 2. The van der Waals surface area contributed by atoms with Crippen LogP contribution in [0.4, 0.5) is 5.82 Å². The van der Waals surface area contributed by atoms with Crippen LogP contribution >= 0.6 is 11.8 Å². The van der Waals surface area contributed by atoms with Crippen molar-refractivity contribution in [1.29, 1.82) is 0 Å². The maximum Gasteiger partial charge on any atom is 0.219 e. The number of piperazine rings is 1. The summed E-state index contributed by atoms with van der Waals surface area (Å²) in [6, 6.07) is 17.0. The van der Waals surface area contributed by atoms with Gasteiger partial charge >= 0.3 is 0 Å². The van der Waals surface area contributed by atoms with Gasteiger partial charge in [-0.15, -0.1) is 11.8 Å². The van der Waals surface area contributed by atoms with Crippen molar-refractivity contribution in [2.24, 2.45) is 0 Å². The van der Waals surface area contributed by atoms with Gasteiger partial charge in [-0.3, -0.25) is 4.79 Å². The fourth-order valence-electron chi connectivity index (χ4n) is 4.23. The van der Waals surface area contributed by atoms with E-state index >= 15 is 0 Å². The topological polar surface area (TPSA) is 57.7 Å². The Hall–Kier alpha value is -2.77. The van der Waals surface area contributed by atoms with Crippen molar-refractivity contribution in [2.75, 3.05) is 51.0 Å². The first-order chi connectivity index (χ1) is 16.1. The lowest BCUT2D eigenvalue weighted by Crippen LogP contribution is -2.48. The van der Waals surface area contributed by atoms with Crippen LogP contribution in [-0.2, 0) is 17.8 Å². The Morgan fingerprint density at radius 3 is 2.67 bits per heavy atom. The smallest absolute Gasteiger partial charge is 0.219 e. The number of nitrogens with one attached hydrogen (secondary N) is 1. The minimum atomic E-state index is 0.144. The third kappa shape index (κ3) is 5.78. The number of methoxy groups -OCH3 is 1. The second kappa shape index (κ2) is 10.9. The fourth-order valence-corrected chi connectivity index (χ4v) is 4.66. The maximum absolute atomic E-state index is 11.8. The number of ether oxygens (including phenoxy) is 1. The van der Waals surface area contributed by atoms with Crippen LogP contribution in [-0.4, -0.2) is 61.9 Å². The molecule has 3 aromatic rings. The van der Waals surface area contributed by atoms with Crippen LogP contribution in [0.5, 0.6) is 5.75 Å². The van der Waals surface area contributed by atoms with E-state index in [2.05, 4.69) is 52.9 Å². The van der Waals surface area contributed by atoms with Gasteiger partial charge in [-0.05, 0) is 55.1 Å². The van der Waals surface area contributed by atoms with Crippen LogP contribution in [0.2, 0.25) is 0 Å². The van der Waals surface area contributed by atoms with E-state index in [1.54, 1.807) is 25.8 Å². The Morgan fingerprint density at radius 2 is 1.94 bits per heavy atom. The van der Waals surface area contributed by atoms with Crippen molar-refractivity contribution in [3.8, 4) is 5.75 Å². The third-order valence-electron chi connectivity index (χ3n) is 6.15. The summed E-state index contributed by atoms with van der Waals surface area (Å²) in [7, 11) is 1.70. The van der Waals surface area contributed by atoms with Crippen molar-refractivity contribution in [2.45, 2.75) is 24.8 Å². The van der Waals surface area contributed by atoms with E-state index in [-0.39, 0.29) is 5.91 Å². The van der Waals surface area contributed by atoms with Crippen molar-refractivity contribution in [3.05, 3.63) is 59.7 Å². The second-order valence-corrected chi connectivity index (χ2v) is 9.18. The Morgan fingerprint density at radius 1 is 1.12 bits per heavy atom. The molecule has 0 aliphatic carbocycles. The molecule has 2 aromatic carbocycles. The summed E-state index contributed by atoms with van der Waals surface area (Å²) in [5.74, 6) is 2.06. The number of fused-ring (bicyclic) bond motifs is 1. The monoisotopic (exact) mass is 464 g/mol. The standard InChI is InChI=1S/C26H32N4O2S/c1-19(31)29-11-13-30(14-12-29)26-22(16-21-7-8-24(33-3)17-25(21)28-26)18-27-10-9-20-5-4-6-23(15-20)32-2/h4-8,15-17,27H,9-14,18H2,1-3H3. The summed E-state index contributed by atoms with van der Waals surface area (Å²) < 4.78 is 5.33. The number of amides is 1. The van der Waals surface area contributed by atoms with Gasteiger partial charge in [0.15, 0.2) is 0 Å². The molecule has 1 amide bonds. The molecule has 1 fully saturated rings. The third-order valence-corrected chi connectivity index (χ3v) is 6.87. The predicted octanol–water partition coefficient (Wildman–Crippen LogP) is 3.97. The van der Waals surface area contributed by atoms with Gasteiger partial charge in [0.2, 0.25) is 5.91 Å². The van der Waals surface area contributed by atoms with Gasteiger partial charge in [0, 0.05) is 55.5 Å². The number of thioether (sulfide) groups is 1. The lowest BCUT2D eigenvalue weighted by atomic mass is 10.1. The molecule has 0 spiro atoms. The lowest BCUT2D eigenvalue weighted by molar-refractivity contribution is -0.129. The van der Waals surface area contributed by atoms with E-state index in [9.17, 15) is 4.79 Å². The van der Waals surface area contributed by atoms with Gasteiger partial charge in [0.1, 0.15) is 11.6 Å². The highest BCUT2D eigenvalue weighted by atomic mass is 32.2. The summed E-state index contributed by atoms with van der Waals surface area (Å²) >= 11 is 1.73. The zero-order valence-electron chi connectivity index (χ0n) is 19.6. The molecule has 4 rings (SSSR count). The van der Waals surface area contributed by atoms with E-state index in [0.29, 0.717) is 0 Å². The first-order valence-corrected chi connectivity index (χ1v) is 12.6. The average Bonchev–Trinajstić information content (AvgIpc) is 2.86. The van der Waals surface area contributed by atoms with Crippen LogP contribution in [0.25, 0.3) is 10.9 Å². The van der Waals surface area contributed by atoms with E-state index < -0.39 is 0 Å². The fraction of sp³-hybridized carbons (Fsp3) is 0.385. The molecule has 0 atom stereocenters. The molecular formula is C26H32N4O2S. The van der Waals surface area contributed by atoms with Gasteiger partial charge in [-0.25, -0.2) is 4.98 Å². The molecule has 1 aliphatic rings. The lowest BCUT2D eigenvalue weighted by Gasteiger charge is -2.36. The van der Waals surface area contributed by atoms with Crippen molar-refractivity contribution in [1.82, 2.24) is 15.2 Å². The van der Waals surface area contributed by atoms with E-state index in [0.717, 1.165) is 68.2 Å². The molecule has 174 valence electrons. The number of aromatic nitrogens is 1. The molecule has 0 bridgehead atoms. The number of anilines is 1. The molecule has 0 saturated carbocycles. The number of rotatable bonds is 8. The SMILES string of the molecule is COc1cccc(CCNCc2cc3ccc(SC)cc3nc2N2CCN(C(C)=O)CC2)c1. The number of pyridine rings is 1. The summed E-state index contributed by atoms with van der Waals surface area (Å²) in [6.45, 7) is 6.35. The number of hydrogen-bond donors (Lipinski definition) is 1. The molecule has 0 radical (unpaired) electrons. The Kier molecular flexibility index (Phi) is 7.73. The van der Waals surface area contributed by atoms with Gasteiger partial charge < -0.3 is 19.9 Å². The van der Waals surface area contributed by atoms with Gasteiger partial charge in [0.05, 0.1) is 12.6 Å². The Labute approximate surface area is 200 Å². The highest BCUT2D eigenvalue weighted by Crippen LogP contribution is 2.27. The average molecular weight is 465 g/mol. The molecular weight excluding hydrogens is 432 g/mol. The van der Waals surface area contributed by atoms with Crippen LogP contribution in [0.3, 0.4) is 0 Å². The maximum atomic E-state index is 11.8. The number of carbonyl (C=O) groups excluding carboxylic acids is 1. The minimum Gasteiger partial charge on any atom is -0.497 e. The van der Waals surface area contributed by atoms with Crippen LogP contribution in [0.15, 0.2) is 53.4 Å². The van der Waals surface area contributed by atoms with Crippen LogP contribution in [0.1, 0.15) is 18.1 Å². The molecule has 1 N–H and O–H groups in total. The Bertz CT molecular complexity index is 1110. The molecule has 7 heteroatoms. The zero-order valence-corrected chi connectivity index (χ0v) is 20.5. The molecule has 1 aromatic heterocycles. The van der Waals surface area contributed by atoms with Gasteiger partial charge in [0.25, 0.3) is 0 Å². The number of hydrogen-bond acceptors (Lipinski definition) is 6. The van der Waals surface area contributed by atoms with E-state index in [4.69, 9.17) is 9.72 Å². The van der Waals surface area contributed by atoms with E-state index in [1.807, 2.05) is 17.0 Å². The first kappa shape index (κ1) is 23.4. The highest BCUT2D eigenvalue weighted by molar-refractivity contribution is 7.98. The summed E-state index contributed by atoms with van der Waals surface area (Å²) in [5, 5.41) is 4.76. The van der Waals surface area contributed by atoms with Crippen molar-refractivity contribution < 1.29 is 9.53 Å². The largest absolute Gasteiger partial charge is 0.497 e. The normalized spacial score (nSPS) is 14.0. The van der Waals surface area contributed by atoms with Gasteiger partial charge in [-0.1, -0.05) is 18.2 Å².